The van der Waals surface area contributed by atoms with E-state index in [9.17, 15) is 4.79 Å². The van der Waals surface area contributed by atoms with E-state index in [-0.39, 0.29) is 18.4 Å². The van der Waals surface area contributed by atoms with Gasteiger partial charge in [-0.3, -0.25) is 4.79 Å². The van der Waals surface area contributed by atoms with Gasteiger partial charge in [-0.1, -0.05) is 29.4 Å². The molecule has 0 radical (unpaired) electrons. The number of terminal acetylenes is 1. The lowest BCUT2D eigenvalue weighted by Crippen LogP contribution is -2.22. The number of nitrogens with one attached hydrogen (secondary N) is 2. The Hall–Kier alpha value is -2.52. The Morgan fingerprint density at radius 1 is 1.50 bits per heavy atom. The van der Waals surface area contributed by atoms with Crippen LogP contribution in [0, 0.1) is 12.3 Å². The summed E-state index contributed by atoms with van der Waals surface area (Å²) in [5.74, 6) is 3.82. The Labute approximate surface area is 132 Å². The van der Waals surface area contributed by atoms with E-state index < -0.39 is 0 Å². The van der Waals surface area contributed by atoms with Crippen LogP contribution in [0.1, 0.15) is 22.8 Å². The van der Waals surface area contributed by atoms with Crippen LogP contribution < -0.4 is 15.4 Å². The van der Waals surface area contributed by atoms with E-state index in [0.29, 0.717) is 12.2 Å². The number of amides is 1. The molecule has 0 fully saturated rings. The third kappa shape index (κ3) is 2.76. The van der Waals surface area contributed by atoms with E-state index in [0.717, 1.165) is 21.3 Å². The second-order valence-corrected chi connectivity index (χ2v) is 5.88. The zero-order valence-electron chi connectivity index (χ0n) is 12.1. The van der Waals surface area contributed by atoms with Gasteiger partial charge in [0.2, 0.25) is 5.91 Å². The highest BCUT2D eigenvalue weighted by Crippen LogP contribution is 2.42. The summed E-state index contributed by atoms with van der Waals surface area (Å²) in [7, 11) is 1.82. The van der Waals surface area contributed by atoms with Crippen LogP contribution in [0.4, 0.5) is 10.9 Å². The van der Waals surface area contributed by atoms with Gasteiger partial charge in [0.05, 0.1) is 4.88 Å². The van der Waals surface area contributed by atoms with Crippen molar-refractivity contribution in [3.8, 4) is 18.1 Å². The summed E-state index contributed by atoms with van der Waals surface area (Å²) in [6.45, 7) is 0.246. The van der Waals surface area contributed by atoms with Gasteiger partial charge in [0.1, 0.15) is 18.2 Å². The number of anilines is 2. The minimum atomic E-state index is -0.0156. The molecule has 2 heterocycles. The van der Waals surface area contributed by atoms with E-state index in [1.165, 1.54) is 0 Å². The molecule has 1 aromatic carbocycles. The molecule has 1 atom stereocenters. The molecule has 1 aromatic heterocycles. The lowest BCUT2D eigenvalue weighted by molar-refractivity contribution is -0.116. The van der Waals surface area contributed by atoms with Crippen LogP contribution >= 0.6 is 11.3 Å². The molecule has 112 valence electrons. The number of carbonyl (C=O) groups is 1. The van der Waals surface area contributed by atoms with Crippen molar-refractivity contribution in [2.75, 3.05) is 24.3 Å². The average molecular weight is 313 g/mol. The molecule has 1 amide bonds. The van der Waals surface area contributed by atoms with Crippen molar-refractivity contribution in [3.63, 3.8) is 0 Å². The third-order valence-corrected chi connectivity index (χ3v) is 4.62. The summed E-state index contributed by atoms with van der Waals surface area (Å²) >= 11 is 1.56. The smallest absolute Gasteiger partial charge is 0.226 e. The second kappa shape index (κ2) is 6.08. The fourth-order valence-electron chi connectivity index (χ4n) is 2.42. The van der Waals surface area contributed by atoms with Gasteiger partial charge in [-0.15, -0.1) is 6.42 Å². The van der Waals surface area contributed by atoms with E-state index >= 15 is 0 Å². The molecule has 2 N–H and O–H groups in total. The second-order valence-electron chi connectivity index (χ2n) is 4.85. The van der Waals surface area contributed by atoms with Gasteiger partial charge in [0.15, 0.2) is 5.13 Å². The summed E-state index contributed by atoms with van der Waals surface area (Å²) in [4.78, 5) is 17.4. The third-order valence-electron chi connectivity index (χ3n) is 3.44. The van der Waals surface area contributed by atoms with Crippen molar-refractivity contribution >= 4 is 28.2 Å². The number of hydrogen-bond donors (Lipinski definition) is 2. The van der Waals surface area contributed by atoms with E-state index in [1.54, 1.807) is 11.3 Å². The van der Waals surface area contributed by atoms with Crippen LogP contribution in [0.2, 0.25) is 0 Å². The molecule has 0 saturated heterocycles. The number of carbonyl (C=O) groups excluding carboxylic acids is 1. The van der Waals surface area contributed by atoms with Crippen molar-refractivity contribution in [2.24, 2.45) is 0 Å². The number of aromatic nitrogens is 1. The molecular formula is C16H15N3O2S. The van der Waals surface area contributed by atoms with Crippen LogP contribution in [-0.2, 0) is 4.79 Å². The van der Waals surface area contributed by atoms with E-state index in [1.807, 2.05) is 31.3 Å². The average Bonchev–Trinajstić information content (AvgIpc) is 2.95. The van der Waals surface area contributed by atoms with Gasteiger partial charge in [-0.25, -0.2) is 4.98 Å². The van der Waals surface area contributed by atoms with Crippen molar-refractivity contribution in [2.45, 2.75) is 12.3 Å². The molecule has 2 aromatic rings. The van der Waals surface area contributed by atoms with Crippen LogP contribution in [0.25, 0.3) is 0 Å². The number of ether oxygens (including phenoxy) is 1. The number of rotatable bonds is 4. The molecule has 5 nitrogen and oxygen atoms in total. The topological polar surface area (TPSA) is 63.2 Å². The first-order valence-electron chi connectivity index (χ1n) is 6.86. The number of thiazole rings is 1. The molecule has 0 unspecified atom stereocenters. The Balaban J connectivity index is 1.90. The normalized spacial score (nSPS) is 16.4. The number of benzene rings is 1. The summed E-state index contributed by atoms with van der Waals surface area (Å²) in [5.41, 5.74) is 1.07. The molecule has 0 bridgehead atoms. The zero-order valence-corrected chi connectivity index (χ0v) is 12.9. The van der Waals surface area contributed by atoms with Crippen molar-refractivity contribution in [3.05, 3.63) is 34.7 Å². The van der Waals surface area contributed by atoms with Crippen LogP contribution in [0.5, 0.6) is 5.75 Å². The van der Waals surface area contributed by atoms with Crippen molar-refractivity contribution < 1.29 is 9.53 Å². The van der Waals surface area contributed by atoms with Crippen LogP contribution in [0.15, 0.2) is 24.3 Å². The molecule has 1 aliphatic rings. The SMILES string of the molecule is C#CCOc1ccc([C@@H]2CC(=O)Nc3nc(NC)sc32)cc1. The lowest BCUT2D eigenvalue weighted by atomic mass is 9.91. The molecular weight excluding hydrogens is 298 g/mol. The highest BCUT2D eigenvalue weighted by atomic mass is 32.1. The maximum absolute atomic E-state index is 11.9. The molecule has 0 spiro atoms. The minimum Gasteiger partial charge on any atom is -0.481 e. The molecule has 6 heteroatoms. The predicted molar refractivity (Wildman–Crippen MR) is 87.5 cm³/mol. The van der Waals surface area contributed by atoms with Gasteiger partial charge >= 0.3 is 0 Å². The molecule has 1 aliphatic heterocycles. The Morgan fingerprint density at radius 3 is 2.95 bits per heavy atom. The van der Waals surface area contributed by atoms with E-state index in [4.69, 9.17) is 11.2 Å². The number of hydrogen-bond acceptors (Lipinski definition) is 5. The zero-order chi connectivity index (χ0) is 15.5. The summed E-state index contributed by atoms with van der Waals surface area (Å²) in [6, 6.07) is 7.69. The maximum atomic E-state index is 11.9. The fraction of sp³-hybridized carbons (Fsp3) is 0.250. The highest BCUT2D eigenvalue weighted by Gasteiger charge is 2.30. The Kier molecular flexibility index (Phi) is 3.98. The Morgan fingerprint density at radius 2 is 2.27 bits per heavy atom. The molecule has 22 heavy (non-hydrogen) atoms. The van der Waals surface area contributed by atoms with Crippen LogP contribution in [-0.4, -0.2) is 24.5 Å². The first kappa shape index (κ1) is 14.4. The summed E-state index contributed by atoms with van der Waals surface area (Å²) < 4.78 is 5.37. The van der Waals surface area contributed by atoms with Crippen molar-refractivity contribution in [1.82, 2.24) is 4.98 Å². The van der Waals surface area contributed by atoms with E-state index in [2.05, 4.69) is 21.5 Å². The minimum absolute atomic E-state index is 0.0156. The van der Waals surface area contributed by atoms with Crippen LogP contribution in [0.3, 0.4) is 0 Å². The van der Waals surface area contributed by atoms with Gasteiger partial charge in [-0.05, 0) is 17.7 Å². The molecule has 3 rings (SSSR count). The summed E-state index contributed by atoms with van der Waals surface area (Å²) in [6.07, 6.45) is 5.60. The first-order valence-corrected chi connectivity index (χ1v) is 7.67. The standard InChI is InChI=1S/C16H15N3O2S/c1-3-8-21-11-6-4-10(5-7-11)12-9-13(20)18-15-14(12)22-16(17-2)19-15/h1,4-7,12H,8-9H2,2H3,(H,17,19)(H,18,20)/t12-/m0/s1. The molecule has 0 saturated carbocycles. The fourth-order valence-corrected chi connectivity index (χ4v) is 3.42. The Bertz CT molecular complexity index is 731. The van der Waals surface area contributed by atoms with Gasteiger partial charge in [0, 0.05) is 19.4 Å². The first-order chi connectivity index (χ1) is 10.7. The van der Waals surface area contributed by atoms with Crippen molar-refractivity contribution in [1.29, 1.82) is 0 Å². The number of fused-ring (bicyclic) bond motifs is 1. The summed E-state index contributed by atoms with van der Waals surface area (Å²) in [5, 5.41) is 6.65. The lowest BCUT2D eigenvalue weighted by Gasteiger charge is -2.21. The number of nitrogens with zero attached hydrogens (tertiary/aromatic N) is 1. The largest absolute Gasteiger partial charge is 0.481 e. The van der Waals surface area contributed by atoms with Gasteiger partial charge < -0.3 is 15.4 Å². The monoisotopic (exact) mass is 313 g/mol. The quantitative estimate of drug-likeness (QED) is 0.852. The molecule has 0 aliphatic carbocycles. The maximum Gasteiger partial charge on any atom is 0.226 e. The predicted octanol–water partition coefficient (Wildman–Crippen LogP) is 2.67. The van der Waals surface area contributed by atoms with Gasteiger partial charge in [-0.2, -0.15) is 0 Å². The highest BCUT2D eigenvalue weighted by molar-refractivity contribution is 7.16. The van der Waals surface area contributed by atoms with Gasteiger partial charge in [0.25, 0.3) is 0 Å².